The number of benzene rings is 1. The summed E-state index contributed by atoms with van der Waals surface area (Å²) in [7, 11) is 0. The van der Waals surface area contributed by atoms with E-state index in [-0.39, 0.29) is 34.3 Å². The van der Waals surface area contributed by atoms with Crippen molar-refractivity contribution in [2.24, 2.45) is 17.3 Å². The molecule has 1 heterocycles. The van der Waals surface area contributed by atoms with Crippen molar-refractivity contribution < 1.29 is 19.4 Å². The van der Waals surface area contributed by atoms with Gasteiger partial charge in [0.25, 0.3) is 0 Å². The second kappa shape index (κ2) is 11.9. The summed E-state index contributed by atoms with van der Waals surface area (Å²) in [6, 6.07) is 9.91. The minimum absolute atomic E-state index is 0.0455. The third-order valence-corrected chi connectivity index (χ3v) is 8.69. The number of aromatic carboxylic acids is 1. The number of ether oxygens (including phenoxy) is 1. The average molecular weight is 536 g/mol. The standard InChI is InChI=1S/C32H41NO4S/c1-21-6-10-23(11-7-21)30(34)33(28-20-27(18-19-32(3,4)5)38-29(28)31(35)36)24-12-16-26(17-13-24)37-25-14-8-22(2)9-15-25/h8-9,14-15,20-21,23-24,26H,6-7,10-13,16-17H2,1-5H3,(H,35,36)/t21?,23?,24-,26-. The maximum atomic E-state index is 14.1. The summed E-state index contributed by atoms with van der Waals surface area (Å²) in [5, 5.41) is 10.1. The number of anilines is 1. The van der Waals surface area contributed by atoms with Crippen LogP contribution < -0.4 is 9.64 Å². The molecule has 0 radical (unpaired) electrons. The van der Waals surface area contributed by atoms with Gasteiger partial charge >= 0.3 is 5.97 Å². The first-order chi connectivity index (χ1) is 18.0. The van der Waals surface area contributed by atoms with Crippen molar-refractivity contribution in [3.05, 3.63) is 45.6 Å². The second-order valence-electron chi connectivity index (χ2n) is 12.2. The lowest BCUT2D eigenvalue weighted by Gasteiger charge is -2.39. The Labute approximate surface area is 231 Å². The van der Waals surface area contributed by atoms with Gasteiger partial charge in [-0.3, -0.25) is 4.79 Å². The maximum absolute atomic E-state index is 14.1. The van der Waals surface area contributed by atoms with Gasteiger partial charge in [-0.15, -0.1) is 11.3 Å². The molecule has 2 fully saturated rings. The number of carbonyl (C=O) groups is 2. The number of amides is 1. The Morgan fingerprint density at radius 1 is 1.00 bits per heavy atom. The highest BCUT2D eigenvalue weighted by atomic mass is 32.1. The fourth-order valence-electron chi connectivity index (χ4n) is 5.45. The molecule has 1 aromatic heterocycles. The maximum Gasteiger partial charge on any atom is 0.348 e. The summed E-state index contributed by atoms with van der Waals surface area (Å²) in [5.41, 5.74) is 1.52. The summed E-state index contributed by atoms with van der Waals surface area (Å²) in [4.78, 5) is 29.2. The monoisotopic (exact) mass is 535 g/mol. The van der Waals surface area contributed by atoms with Crippen LogP contribution in [0.3, 0.4) is 0 Å². The van der Waals surface area contributed by atoms with Gasteiger partial charge in [0, 0.05) is 17.4 Å². The molecule has 2 saturated carbocycles. The summed E-state index contributed by atoms with van der Waals surface area (Å²) >= 11 is 1.18. The van der Waals surface area contributed by atoms with E-state index in [4.69, 9.17) is 4.74 Å². The smallest absolute Gasteiger partial charge is 0.348 e. The molecular formula is C32H41NO4S. The van der Waals surface area contributed by atoms with Crippen molar-refractivity contribution in [1.82, 2.24) is 0 Å². The van der Waals surface area contributed by atoms with Gasteiger partial charge in [-0.25, -0.2) is 4.79 Å². The number of hydrogen-bond acceptors (Lipinski definition) is 4. The summed E-state index contributed by atoms with van der Waals surface area (Å²) in [5.74, 6) is 6.91. The number of carboxylic acids is 1. The van der Waals surface area contributed by atoms with Crippen molar-refractivity contribution in [2.75, 3.05) is 4.90 Å². The van der Waals surface area contributed by atoms with Gasteiger partial charge < -0.3 is 14.7 Å². The number of rotatable bonds is 6. The molecular weight excluding hydrogens is 494 g/mol. The Kier molecular flexibility index (Phi) is 8.88. The largest absolute Gasteiger partial charge is 0.490 e. The van der Waals surface area contributed by atoms with Crippen LogP contribution >= 0.6 is 11.3 Å². The van der Waals surface area contributed by atoms with Crippen molar-refractivity contribution in [2.45, 2.75) is 98.1 Å². The number of nitrogens with zero attached hydrogens (tertiary/aromatic N) is 1. The Hall–Kier alpha value is -2.78. The molecule has 0 unspecified atom stereocenters. The predicted octanol–water partition coefficient (Wildman–Crippen LogP) is 7.70. The molecule has 6 heteroatoms. The third-order valence-electron chi connectivity index (χ3n) is 7.66. The van der Waals surface area contributed by atoms with E-state index in [9.17, 15) is 14.7 Å². The highest BCUT2D eigenvalue weighted by Crippen LogP contribution is 2.39. The normalized spacial score (nSPS) is 23.7. The van der Waals surface area contributed by atoms with Crippen molar-refractivity contribution in [1.29, 1.82) is 0 Å². The average Bonchev–Trinajstić information content (AvgIpc) is 3.30. The molecule has 1 N–H and O–H groups in total. The summed E-state index contributed by atoms with van der Waals surface area (Å²) in [6.45, 7) is 10.4. The minimum atomic E-state index is -1.000. The van der Waals surface area contributed by atoms with Crippen molar-refractivity contribution >= 4 is 28.9 Å². The molecule has 204 valence electrons. The number of hydrogen-bond donors (Lipinski definition) is 1. The highest BCUT2D eigenvalue weighted by molar-refractivity contribution is 7.15. The van der Waals surface area contributed by atoms with E-state index in [1.807, 2.05) is 43.9 Å². The van der Waals surface area contributed by atoms with Crippen LogP contribution in [-0.4, -0.2) is 29.1 Å². The molecule has 0 aliphatic heterocycles. The third kappa shape index (κ3) is 7.20. The summed E-state index contributed by atoms with van der Waals surface area (Å²) < 4.78 is 6.25. The number of thiophene rings is 1. The number of carboxylic acid groups (broad SMARTS) is 1. The van der Waals surface area contributed by atoms with E-state index in [2.05, 4.69) is 37.8 Å². The Morgan fingerprint density at radius 2 is 1.63 bits per heavy atom. The van der Waals surface area contributed by atoms with Crippen LogP contribution in [0.25, 0.3) is 0 Å². The van der Waals surface area contributed by atoms with Gasteiger partial charge in [-0.1, -0.05) is 36.5 Å². The van der Waals surface area contributed by atoms with E-state index in [0.29, 0.717) is 16.5 Å². The van der Waals surface area contributed by atoms with Gasteiger partial charge in [-0.2, -0.15) is 0 Å². The van der Waals surface area contributed by atoms with E-state index < -0.39 is 5.97 Å². The molecule has 38 heavy (non-hydrogen) atoms. The van der Waals surface area contributed by atoms with Crippen LogP contribution in [0.15, 0.2) is 30.3 Å². The Balaban J connectivity index is 1.60. The molecule has 0 spiro atoms. The molecule has 0 bridgehead atoms. The van der Waals surface area contributed by atoms with E-state index in [0.717, 1.165) is 57.1 Å². The lowest BCUT2D eigenvalue weighted by Crippen LogP contribution is -2.47. The van der Waals surface area contributed by atoms with E-state index in [1.165, 1.54) is 16.9 Å². The van der Waals surface area contributed by atoms with Gasteiger partial charge in [0.1, 0.15) is 10.6 Å². The van der Waals surface area contributed by atoms with Crippen LogP contribution in [0, 0.1) is 36.0 Å². The predicted molar refractivity (Wildman–Crippen MR) is 154 cm³/mol. The SMILES string of the molecule is Cc1ccc(O[C@H]2CC[C@H](N(C(=O)C3CCC(C)CC3)c3cc(C#CC(C)(C)C)sc3C(=O)O)CC2)cc1. The first-order valence-electron chi connectivity index (χ1n) is 14.0. The van der Waals surface area contributed by atoms with E-state index in [1.54, 1.807) is 0 Å². The van der Waals surface area contributed by atoms with Gasteiger partial charge in [0.15, 0.2) is 0 Å². The van der Waals surface area contributed by atoms with Crippen LogP contribution in [0.5, 0.6) is 5.75 Å². The molecule has 1 amide bonds. The molecule has 0 atom stereocenters. The van der Waals surface area contributed by atoms with Crippen LogP contribution in [0.1, 0.15) is 99.2 Å². The second-order valence-corrected chi connectivity index (χ2v) is 13.2. The fourth-order valence-corrected chi connectivity index (χ4v) is 6.30. The fraction of sp³-hybridized carbons (Fsp3) is 0.562. The van der Waals surface area contributed by atoms with E-state index >= 15 is 0 Å². The molecule has 4 rings (SSSR count). The van der Waals surface area contributed by atoms with Crippen molar-refractivity contribution in [3.63, 3.8) is 0 Å². The molecule has 1 aromatic carbocycles. The van der Waals surface area contributed by atoms with Crippen LogP contribution in [-0.2, 0) is 4.79 Å². The highest BCUT2D eigenvalue weighted by Gasteiger charge is 2.37. The van der Waals surface area contributed by atoms with Gasteiger partial charge in [-0.05, 0) is 103 Å². The molecule has 5 nitrogen and oxygen atoms in total. The molecule has 2 aromatic rings. The van der Waals surface area contributed by atoms with Crippen LogP contribution in [0.2, 0.25) is 0 Å². The number of aryl methyl sites for hydroxylation is 1. The zero-order valence-electron chi connectivity index (χ0n) is 23.4. The topological polar surface area (TPSA) is 66.8 Å². The number of carbonyl (C=O) groups excluding carboxylic acids is 1. The first-order valence-corrected chi connectivity index (χ1v) is 14.8. The lowest BCUT2D eigenvalue weighted by atomic mass is 9.81. The molecule has 2 aliphatic rings. The molecule has 0 saturated heterocycles. The summed E-state index contributed by atoms with van der Waals surface area (Å²) in [6.07, 6.45) is 7.12. The Bertz CT molecular complexity index is 1180. The zero-order valence-corrected chi connectivity index (χ0v) is 24.2. The molecule has 2 aliphatic carbocycles. The van der Waals surface area contributed by atoms with Crippen LogP contribution in [0.4, 0.5) is 5.69 Å². The van der Waals surface area contributed by atoms with Gasteiger partial charge in [0.05, 0.1) is 16.7 Å². The zero-order chi connectivity index (χ0) is 27.4. The lowest BCUT2D eigenvalue weighted by molar-refractivity contribution is -0.124. The first kappa shape index (κ1) is 28.2. The van der Waals surface area contributed by atoms with Gasteiger partial charge in [0.2, 0.25) is 5.91 Å². The Morgan fingerprint density at radius 3 is 2.21 bits per heavy atom. The van der Waals surface area contributed by atoms with Crippen molar-refractivity contribution in [3.8, 4) is 17.6 Å². The quantitative estimate of drug-likeness (QED) is 0.385. The minimum Gasteiger partial charge on any atom is -0.490 e.